The number of benzene rings is 1. The predicted molar refractivity (Wildman–Crippen MR) is 78.0 cm³/mol. The van der Waals surface area contributed by atoms with Crippen LogP contribution in [0.2, 0.25) is 0 Å². The summed E-state index contributed by atoms with van der Waals surface area (Å²) in [6, 6.07) is 9.36. The fourth-order valence-electron chi connectivity index (χ4n) is 2.06. The van der Waals surface area contributed by atoms with Crippen LogP contribution in [0.15, 0.2) is 35.5 Å². The highest BCUT2D eigenvalue weighted by Gasteiger charge is 2.43. The quantitative estimate of drug-likeness (QED) is 0.506. The van der Waals surface area contributed by atoms with Crippen molar-refractivity contribution < 1.29 is 29.6 Å². The number of nitrogens with zero attached hydrogens (tertiary/aromatic N) is 1. The van der Waals surface area contributed by atoms with E-state index >= 15 is 0 Å². The zero-order valence-corrected chi connectivity index (χ0v) is 12.3. The molecule has 0 saturated carbocycles. The van der Waals surface area contributed by atoms with E-state index in [1.165, 1.54) is 6.21 Å². The minimum Gasteiger partial charge on any atom is -0.396 e. The Morgan fingerprint density at radius 1 is 1.14 bits per heavy atom. The topological polar surface area (TPSA) is 101 Å². The summed E-state index contributed by atoms with van der Waals surface area (Å²) in [5, 5.41) is 33.3. The first-order valence-electron chi connectivity index (χ1n) is 7.14. The lowest BCUT2D eigenvalue weighted by atomic mass is 9.99. The van der Waals surface area contributed by atoms with Crippen LogP contribution in [0, 0.1) is 0 Å². The molecular formula is C15H21NO6. The van der Waals surface area contributed by atoms with Gasteiger partial charge in [0.15, 0.2) is 6.29 Å². The van der Waals surface area contributed by atoms with Crippen molar-refractivity contribution in [2.24, 2.45) is 5.16 Å². The van der Waals surface area contributed by atoms with E-state index < -0.39 is 30.7 Å². The molecule has 1 heterocycles. The van der Waals surface area contributed by atoms with Crippen molar-refractivity contribution in [2.45, 2.75) is 44.2 Å². The number of aliphatic hydroxyl groups is 3. The predicted octanol–water partition coefficient (Wildman–Crippen LogP) is 0.0331. The summed E-state index contributed by atoms with van der Waals surface area (Å²) >= 11 is 0. The Kier molecular flexibility index (Phi) is 6.29. The SMILES string of the molecule is CCO/N=C/[C@H]1OC(OCc2ccccc2)[C@H](O)[C@@H](O)[C@H]1O. The van der Waals surface area contributed by atoms with Crippen LogP contribution in [0.25, 0.3) is 0 Å². The highest BCUT2D eigenvalue weighted by Crippen LogP contribution is 2.22. The summed E-state index contributed by atoms with van der Waals surface area (Å²) in [4.78, 5) is 4.80. The molecule has 22 heavy (non-hydrogen) atoms. The van der Waals surface area contributed by atoms with Crippen LogP contribution < -0.4 is 0 Å². The third kappa shape index (κ3) is 4.25. The van der Waals surface area contributed by atoms with E-state index in [2.05, 4.69) is 5.16 Å². The first kappa shape index (κ1) is 16.9. The summed E-state index contributed by atoms with van der Waals surface area (Å²) in [6.07, 6.45) is -4.82. The maximum Gasteiger partial charge on any atom is 0.187 e. The fourth-order valence-corrected chi connectivity index (χ4v) is 2.06. The van der Waals surface area contributed by atoms with Crippen LogP contribution in [0.4, 0.5) is 0 Å². The summed E-state index contributed by atoms with van der Waals surface area (Å²) in [6.45, 7) is 2.35. The molecule has 1 aliphatic rings. The lowest BCUT2D eigenvalue weighted by molar-refractivity contribution is -0.285. The van der Waals surface area contributed by atoms with Crippen LogP contribution in [0.1, 0.15) is 12.5 Å². The monoisotopic (exact) mass is 311 g/mol. The average molecular weight is 311 g/mol. The molecule has 0 aliphatic carbocycles. The van der Waals surface area contributed by atoms with Crippen molar-refractivity contribution in [1.82, 2.24) is 0 Å². The number of ether oxygens (including phenoxy) is 2. The van der Waals surface area contributed by atoms with Crippen LogP contribution >= 0.6 is 0 Å². The van der Waals surface area contributed by atoms with Gasteiger partial charge in [-0.15, -0.1) is 0 Å². The summed E-state index contributed by atoms with van der Waals surface area (Å²) < 4.78 is 10.9. The third-order valence-electron chi connectivity index (χ3n) is 3.28. The van der Waals surface area contributed by atoms with E-state index in [4.69, 9.17) is 14.3 Å². The molecule has 2 rings (SSSR count). The van der Waals surface area contributed by atoms with Crippen LogP contribution in [0.5, 0.6) is 0 Å². The van der Waals surface area contributed by atoms with Gasteiger partial charge in [-0.3, -0.25) is 0 Å². The van der Waals surface area contributed by atoms with Gasteiger partial charge in [0.2, 0.25) is 0 Å². The molecule has 1 unspecified atom stereocenters. The number of rotatable bonds is 6. The van der Waals surface area contributed by atoms with E-state index in [1.807, 2.05) is 30.3 Å². The number of hydrogen-bond donors (Lipinski definition) is 3. The largest absolute Gasteiger partial charge is 0.396 e. The molecule has 1 aromatic rings. The zero-order chi connectivity index (χ0) is 15.9. The van der Waals surface area contributed by atoms with E-state index in [1.54, 1.807) is 6.92 Å². The molecule has 1 fully saturated rings. The Bertz CT molecular complexity index is 468. The molecule has 0 radical (unpaired) electrons. The molecule has 1 aliphatic heterocycles. The van der Waals surface area contributed by atoms with Crippen LogP contribution in [0.3, 0.4) is 0 Å². The molecule has 0 aromatic heterocycles. The average Bonchev–Trinajstić information content (AvgIpc) is 2.55. The highest BCUT2D eigenvalue weighted by molar-refractivity contribution is 5.63. The Morgan fingerprint density at radius 2 is 1.86 bits per heavy atom. The minimum atomic E-state index is -1.40. The molecule has 0 amide bonds. The van der Waals surface area contributed by atoms with Crippen molar-refractivity contribution in [1.29, 1.82) is 0 Å². The lowest BCUT2D eigenvalue weighted by Crippen LogP contribution is -2.58. The van der Waals surface area contributed by atoms with Crippen molar-refractivity contribution in [2.75, 3.05) is 6.61 Å². The second-order valence-corrected chi connectivity index (χ2v) is 4.91. The molecule has 5 atom stereocenters. The molecule has 122 valence electrons. The van der Waals surface area contributed by atoms with Crippen molar-refractivity contribution >= 4 is 6.21 Å². The highest BCUT2D eigenvalue weighted by atomic mass is 16.7. The number of oxime groups is 1. The van der Waals surface area contributed by atoms with E-state index in [0.29, 0.717) is 6.61 Å². The van der Waals surface area contributed by atoms with Gasteiger partial charge in [0.25, 0.3) is 0 Å². The second-order valence-electron chi connectivity index (χ2n) is 4.91. The molecule has 1 aromatic carbocycles. The van der Waals surface area contributed by atoms with Gasteiger partial charge >= 0.3 is 0 Å². The molecule has 7 heteroatoms. The second kappa shape index (κ2) is 8.21. The summed E-state index contributed by atoms with van der Waals surface area (Å²) in [5.74, 6) is 0. The Labute approximate surface area is 128 Å². The normalized spacial score (nSPS) is 32.3. The number of aliphatic hydroxyl groups excluding tert-OH is 3. The molecule has 0 spiro atoms. The summed E-state index contributed by atoms with van der Waals surface area (Å²) in [5.41, 5.74) is 0.901. The van der Waals surface area contributed by atoms with Crippen LogP contribution in [-0.4, -0.2) is 58.8 Å². The summed E-state index contributed by atoms with van der Waals surface area (Å²) in [7, 11) is 0. The minimum absolute atomic E-state index is 0.209. The maximum absolute atomic E-state index is 9.94. The van der Waals surface area contributed by atoms with Crippen LogP contribution in [-0.2, 0) is 20.9 Å². The molecule has 0 bridgehead atoms. The van der Waals surface area contributed by atoms with Gasteiger partial charge in [-0.1, -0.05) is 35.5 Å². The van der Waals surface area contributed by atoms with Crippen molar-refractivity contribution in [3.63, 3.8) is 0 Å². The van der Waals surface area contributed by atoms with E-state index in [0.717, 1.165) is 5.56 Å². The van der Waals surface area contributed by atoms with Crippen molar-refractivity contribution in [3.8, 4) is 0 Å². The van der Waals surface area contributed by atoms with Gasteiger partial charge in [-0.05, 0) is 12.5 Å². The van der Waals surface area contributed by atoms with E-state index in [-0.39, 0.29) is 6.61 Å². The van der Waals surface area contributed by atoms with Gasteiger partial charge < -0.3 is 29.6 Å². The van der Waals surface area contributed by atoms with Gasteiger partial charge in [-0.2, -0.15) is 0 Å². The Morgan fingerprint density at radius 3 is 2.55 bits per heavy atom. The molecular weight excluding hydrogens is 290 g/mol. The first-order chi connectivity index (χ1) is 10.6. The third-order valence-corrected chi connectivity index (χ3v) is 3.28. The van der Waals surface area contributed by atoms with E-state index in [9.17, 15) is 15.3 Å². The smallest absolute Gasteiger partial charge is 0.187 e. The number of hydrogen-bond acceptors (Lipinski definition) is 7. The zero-order valence-electron chi connectivity index (χ0n) is 12.3. The fraction of sp³-hybridized carbons (Fsp3) is 0.533. The Hall–Kier alpha value is -1.51. The molecule has 7 nitrogen and oxygen atoms in total. The first-order valence-corrected chi connectivity index (χ1v) is 7.14. The molecule has 1 saturated heterocycles. The van der Waals surface area contributed by atoms with Gasteiger partial charge in [0, 0.05) is 0 Å². The van der Waals surface area contributed by atoms with Gasteiger partial charge in [0.1, 0.15) is 31.0 Å². The van der Waals surface area contributed by atoms with Crippen molar-refractivity contribution in [3.05, 3.63) is 35.9 Å². The maximum atomic E-state index is 9.94. The van der Waals surface area contributed by atoms with Gasteiger partial charge in [0.05, 0.1) is 12.8 Å². The lowest BCUT2D eigenvalue weighted by Gasteiger charge is -2.38. The van der Waals surface area contributed by atoms with Gasteiger partial charge in [-0.25, -0.2) is 0 Å². The Balaban J connectivity index is 1.97. The standard InChI is InChI=1S/C15H21NO6/c1-2-21-16-8-11-12(17)13(18)14(19)15(22-11)20-9-10-6-4-3-5-7-10/h3-8,11-15,17-19H,2,9H2,1H3/b16-8+/t11-,12+,13+,14-,15?/m1/s1. The molecule has 3 N–H and O–H groups in total.